The number of rotatable bonds is 2. The molecule has 0 fully saturated rings. The third kappa shape index (κ3) is 2.66. The lowest BCUT2D eigenvalue weighted by atomic mass is 10.0. The first-order valence-electron chi connectivity index (χ1n) is 7.36. The Kier molecular flexibility index (Phi) is 3.88. The summed E-state index contributed by atoms with van der Waals surface area (Å²) in [5, 5.41) is 23.3. The summed E-state index contributed by atoms with van der Waals surface area (Å²) >= 11 is 0. The van der Waals surface area contributed by atoms with Crippen molar-refractivity contribution >= 4 is 11.9 Å². The van der Waals surface area contributed by atoms with E-state index < -0.39 is 5.97 Å². The largest absolute Gasteiger partial charge is 0.508 e. The van der Waals surface area contributed by atoms with Crippen molar-refractivity contribution in [3.8, 4) is 11.5 Å². The predicted molar refractivity (Wildman–Crippen MR) is 82.8 cm³/mol. The van der Waals surface area contributed by atoms with Crippen molar-refractivity contribution < 1.29 is 24.5 Å². The third-order valence-electron chi connectivity index (χ3n) is 4.06. The van der Waals surface area contributed by atoms with Gasteiger partial charge in [-0.3, -0.25) is 9.48 Å². The van der Waals surface area contributed by atoms with Gasteiger partial charge in [0.05, 0.1) is 19.3 Å². The van der Waals surface area contributed by atoms with Crippen molar-refractivity contribution in [3.63, 3.8) is 0 Å². The van der Waals surface area contributed by atoms with E-state index in [2.05, 4.69) is 5.10 Å². The number of carbonyl (C=O) groups excluding carboxylic acids is 2. The summed E-state index contributed by atoms with van der Waals surface area (Å²) in [6.07, 6.45) is 0.476. The number of methoxy groups -OCH3 is 1. The quantitative estimate of drug-likeness (QED) is 0.789. The Morgan fingerprint density at radius 3 is 2.50 bits per heavy atom. The molecule has 0 aliphatic carbocycles. The molecule has 2 N–H and O–H groups in total. The maximum atomic E-state index is 12.6. The molecule has 0 spiro atoms. The van der Waals surface area contributed by atoms with Gasteiger partial charge in [0.15, 0.2) is 5.69 Å². The Balaban J connectivity index is 1.89. The fourth-order valence-corrected chi connectivity index (χ4v) is 2.91. The highest BCUT2D eigenvalue weighted by atomic mass is 16.5. The van der Waals surface area contributed by atoms with E-state index in [4.69, 9.17) is 4.74 Å². The maximum Gasteiger partial charge on any atom is 0.358 e. The van der Waals surface area contributed by atoms with E-state index in [1.54, 1.807) is 16.6 Å². The monoisotopic (exact) mass is 331 g/mol. The van der Waals surface area contributed by atoms with Gasteiger partial charge in [-0.15, -0.1) is 0 Å². The van der Waals surface area contributed by atoms with Crippen LogP contribution in [0.3, 0.4) is 0 Å². The molecule has 24 heavy (non-hydrogen) atoms. The normalized spacial score (nSPS) is 13.5. The van der Waals surface area contributed by atoms with Crippen LogP contribution in [0.5, 0.6) is 11.5 Å². The van der Waals surface area contributed by atoms with E-state index >= 15 is 0 Å². The minimum Gasteiger partial charge on any atom is -0.508 e. The molecule has 1 amide bonds. The number of phenols is 2. The van der Waals surface area contributed by atoms with E-state index in [1.807, 2.05) is 0 Å². The topological polar surface area (TPSA) is 105 Å². The molecule has 0 atom stereocenters. The van der Waals surface area contributed by atoms with Crippen LogP contribution >= 0.6 is 0 Å². The van der Waals surface area contributed by atoms with E-state index in [9.17, 15) is 19.8 Å². The maximum absolute atomic E-state index is 12.6. The first-order valence-corrected chi connectivity index (χ1v) is 7.36. The SMILES string of the molecule is COC(=O)c1nn(C)c2c1CCN(C(=O)c1cc(O)cc(O)c1)C2. The van der Waals surface area contributed by atoms with Crippen LogP contribution < -0.4 is 0 Å². The highest BCUT2D eigenvalue weighted by Crippen LogP contribution is 2.26. The minimum absolute atomic E-state index is 0.176. The molecule has 0 unspecified atom stereocenters. The number of esters is 1. The van der Waals surface area contributed by atoms with Gasteiger partial charge in [0, 0.05) is 30.8 Å². The van der Waals surface area contributed by atoms with E-state index in [0.29, 0.717) is 13.0 Å². The second-order valence-corrected chi connectivity index (χ2v) is 5.60. The van der Waals surface area contributed by atoms with Crippen molar-refractivity contribution in [3.05, 3.63) is 40.7 Å². The summed E-state index contributed by atoms with van der Waals surface area (Å²) in [5.41, 5.74) is 2.02. The van der Waals surface area contributed by atoms with Gasteiger partial charge in [-0.05, 0) is 18.6 Å². The van der Waals surface area contributed by atoms with Crippen LogP contribution in [0.4, 0.5) is 0 Å². The summed E-state index contributed by atoms with van der Waals surface area (Å²) in [6.45, 7) is 0.684. The Hall–Kier alpha value is -3.03. The smallest absolute Gasteiger partial charge is 0.358 e. The Morgan fingerprint density at radius 1 is 1.21 bits per heavy atom. The molecule has 0 saturated heterocycles. The lowest BCUT2D eigenvalue weighted by Crippen LogP contribution is -2.36. The number of phenolic OH excluding ortho intramolecular Hbond substituents is 2. The van der Waals surface area contributed by atoms with Crippen molar-refractivity contribution in [2.24, 2.45) is 7.05 Å². The molecular formula is C16H17N3O5. The number of hydrogen-bond donors (Lipinski definition) is 2. The van der Waals surface area contributed by atoms with Gasteiger partial charge in [0.2, 0.25) is 0 Å². The van der Waals surface area contributed by atoms with E-state index in [-0.39, 0.29) is 35.2 Å². The zero-order valence-electron chi connectivity index (χ0n) is 13.3. The summed E-state index contributed by atoms with van der Waals surface area (Å²) in [6, 6.07) is 3.77. The Labute approximate surface area is 137 Å². The molecule has 8 heteroatoms. The number of aryl methyl sites for hydroxylation is 1. The second-order valence-electron chi connectivity index (χ2n) is 5.60. The molecule has 0 saturated carbocycles. The van der Waals surface area contributed by atoms with Gasteiger partial charge < -0.3 is 19.8 Å². The molecule has 1 aliphatic heterocycles. The zero-order chi connectivity index (χ0) is 17.4. The van der Waals surface area contributed by atoms with Gasteiger partial charge in [0.1, 0.15) is 11.5 Å². The van der Waals surface area contributed by atoms with Gasteiger partial charge in [-0.2, -0.15) is 5.10 Å². The highest BCUT2D eigenvalue weighted by Gasteiger charge is 2.30. The molecule has 0 radical (unpaired) electrons. The Morgan fingerprint density at radius 2 is 1.88 bits per heavy atom. The highest BCUT2D eigenvalue weighted by molar-refractivity contribution is 5.95. The molecule has 8 nitrogen and oxygen atoms in total. The lowest BCUT2D eigenvalue weighted by Gasteiger charge is -2.27. The van der Waals surface area contributed by atoms with E-state index in [1.165, 1.54) is 19.2 Å². The van der Waals surface area contributed by atoms with E-state index in [0.717, 1.165) is 17.3 Å². The minimum atomic E-state index is -0.496. The van der Waals surface area contributed by atoms with Gasteiger partial charge >= 0.3 is 5.97 Å². The summed E-state index contributed by atoms with van der Waals surface area (Å²) in [5.74, 6) is -1.16. The summed E-state index contributed by atoms with van der Waals surface area (Å²) in [4.78, 5) is 26.0. The second kappa shape index (κ2) is 5.88. The number of carbonyl (C=O) groups is 2. The number of nitrogens with zero attached hydrogens (tertiary/aromatic N) is 3. The van der Waals surface area contributed by atoms with Crippen LogP contribution in [0, 0.1) is 0 Å². The number of hydrogen-bond acceptors (Lipinski definition) is 6. The average molecular weight is 331 g/mol. The fourth-order valence-electron chi connectivity index (χ4n) is 2.91. The molecule has 2 aromatic rings. The fraction of sp³-hybridized carbons (Fsp3) is 0.312. The van der Waals surface area contributed by atoms with Gasteiger partial charge in [-0.1, -0.05) is 0 Å². The zero-order valence-corrected chi connectivity index (χ0v) is 13.3. The van der Waals surface area contributed by atoms with Crippen LogP contribution in [0.15, 0.2) is 18.2 Å². The van der Waals surface area contributed by atoms with Gasteiger partial charge in [-0.25, -0.2) is 4.79 Å². The first kappa shape index (κ1) is 15.9. The summed E-state index contributed by atoms with van der Waals surface area (Å²) in [7, 11) is 3.01. The molecular weight excluding hydrogens is 314 g/mol. The predicted octanol–water partition coefficient (Wildman–Crippen LogP) is 0.816. The van der Waals surface area contributed by atoms with Gasteiger partial charge in [0.25, 0.3) is 5.91 Å². The van der Waals surface area contributed by atoms with Crippen molar-refractivity contribution in [1.29, 1.82) is 0 Å². The molecule has 2 heterocycles. The number of aromatic nitrogens is 2. The standard InChI is InChI=1S/C16H17N3O5/c1-18-13-8-19(4-3-12(13)14(17-18)16(23)24-2)15(22)9-5-10(20)7-11(21)6-9/h5-7,20-21H,3-4,8H2,1-2H3. The van der Waals surface area contributed by atoms with Crippen LogP contribution in [0.2, 0.25) is 0 Å². The van der Waals surface area contributed by atoms with Crippen molar-refractivity contribution in [2.75, 3.05) is 13.7 Å². The first-order chi connectivity index (χ1) is 11.4. The number of aromatic hydroxyl groups is 2. The number of benzene rings is 1. The third-order valence-corrected chi connectivity index (χ3v) is 4.06. The number of fused-ring (bicyclic) bond motifs is 1. The number of amides is 1. The average Bonchev–Trinajstić information content (AvgIpc) is 2.89. The van der Waals surface area contributed by atoms with Crippen LogP contribution in [0.1, 0.15) is 32.1 Å². The molecule has 1 aromatic heterocycles. The molecule has 1 aromatic carbocycles. The van der Waals surface area contributed by atoms with Crippen LogP contribution in [-0.2, 0) is 24.8 Å². The van der Waals surface area contributed by atoms with Crippen molar-refractivity contribution in [2.45, 2.75) is 13.0 Å². The number of ether oxygens (including phenoxy) is 1. The Bertz CT molecular complexity index is 807. The van der Waals surface area contributed by atoms with Crippen LogP contribution in [-0.4, -0.2) is 50.4 Å². The van der Waals surface area contributed by atoms with Crippen molar-refractivity contribution in [1.82, 2.24) is 14.7 Å². The molecule has 3 rings (SSSR count). The van der Waals surface area contributed by atoms with Crippen LogP contribution in [0.25, 0.3) is 0 Å². The molecule has 1 aliphatic rings. The molecule has 126 valence electrons. The molecule has 0 bridgehead atoms. The summed E-state index contributed by atoms with van der Waals surface area (Å²) < 4.78 is 6.31. The lowest BCUT2D eigenvalue weighted by molar-refractivity contribution is 0.0591.